The molecule has 1 aliphatic carbocycles. The molecule has 1 aliphatic heterocycles. The minimum absolute atomic E-state index is 0.139. The molecule has 0 bridgehead atoms. The number of hydrogen-bond acceptors (Lipinski definition) is 3. The molecule has 1 amide bonds. The molecule has 0 saturated heterocycles. The van der Waals surface area contributed by atoms with Crippen LogP contribution in [0.2, 0.25) is 0 Å². The fourth-order valence-corrected chi connectivity index (χ4v) is 5.46. The molecule has 1 aromatic heterocycles. The highest BCUT2D eigenvalue weighted by molar-refractivity contribution is 5.99. The first-order valence-electron chi connectivity index (χ1n) is 11.7. The zero-order valence-electron chi connectivity index (χ0n) is 18.9. The minimum atomic E-state index is 0.139. The molecule has 2 aliphatic rings. The molecular formula is C27H31N3O2. The van der Waals surface area contributed by atoms with E-state index in [-0.39, 0.29) is 24.5 Å². The van der Waals surface area contributed by atoms with E-state index in [1.807, 2.05) is 28.9 Å². The Morgan fingerprint density at radius 1 is 1.09 bits per heavy atom. The average Bonchev–Trinajstić information content (AvgIpc) is 3.53. The standard InChI is InChI=1S/C27H31N3O2/c1-3-19-14-23-16-30(26-6-4-5-21(26)17-31)27(32)24(23)15-22(19)13-18-7-9-20(10-8-18)25-11-12-29(2)28-25/h7-12,14-15,21,26,31H,3-6,13,16-17H2,1-2H3/t21-,26+/m1/s1. The molecule has 1 fully saturated rings. The molecule has 5 heteroatoms. The second-order valence-corrected chi connectivity index (χ2v) is 9.25. The summed E-state index contributed by atoms with van der Waals surface area (Å²) in [5, 5.41) is 14.2. The lowest BCUT2D eigenvalue weighted by atomic mass is 9.93. The van der Waals surface area contributed by atoms with Gasteiger partial charge in [-0.1, -0.05) is 43.7 Å². The Labute approximate surface area is 189 Å². The van der Waals surface area contributed by atoms with Crippen LogP contribution in [0.15, 0.2) is 48.7 Å². The Bertz CT molecular complexity index is 1130. The summed E-state index contributed by atoms with van der Waals surface area (Å²) in [6, 6.07) is 15.1. The first-order chi connectivity index (χ1) is 15.6. The molecule has 5 rings (SSSR count). The van der Waals surface area contributed by atoms with E-state index in [1.54, 1.807) is 0 Å². The predicted octanol–water partition coefficient (Wildman–Crippen LogP) is 4.36. The van der Waals surface area contributed by atoms with Crippen LogP contribution in [0.3, 0.4) is 0 Å². The third-order valence-electron chi connectivity index (χ3n) is 7.25. The molecule has 2 heterocycles. The van der Waals surface area contributed by atoms with E-state index >= 15 is 0 Å². The summed E-state index contributed by atoms with van der Waals surface area (Å²) in [7, 11) is 1.93. The normalized spacial score (nSPS) is 20.2. The number of aromatic nitrogens is 2. The largest absolute Gasteiger partial charge is 0.396 e. The van der Waals surface area contributed by atoms with E-state index < -0.39 is 0 Å². The second-order valence-electron chi connectivity index (χ2n) is 9.25. The van der Waals surface area contributed by atoms with Crippen molar-refractivity contribution in [3.63, 3.8) is 0 Å². The number of carbonyl (C=O) groups excluding carboxylic acids is 1. The predicted molar refractivity (Wildman–Crippen MR) is 125 cm³/mol. The maximum absolute atomic E-state index is 13.3. The lowest BCUT2D eigenvalue weighted by Crippen LogP contribution is -2.39. The molecule has 1 saturated carbocycles. The van der Waals surface area contributed by atoms with Gasteiger partial charge in [0.1, 0.15) is 0 Å². The van der Waals surface area contributed by atoms with Gasteiger partial charge in [0.05, 0.1) is 5.69 Å². The Kier molecular flexibility index (Phi) is 5.60. The molecule has 2 aromatic carbocycles. The van der Waals surface area contributed by atoms with Gasteiger partial charge in [-0.2, -0.15) is 5.10 Å². The van der Waals surface area contributed by atoms with Crippen LogP contribution in [-0.4, -0.2) is 38.3 Å². The molecule has 3 aromatic rings. The van der Waals surface area contributed by atoms with Gasteiger partial charge in [-0.25, -0.2) is 0 Å². The fraction of sp³-hybridized carbons (Fsp3) is 0.407. The molecule has 32 heavy (non-hydrogen) atoms. The highest BCUT2D eigenvalue weighted by atomic mass is 16.3. The smallest absolute Gasteiger partial charge is 0.254 e. The summed E-state index contributed by atoms with van der Waals surface area (Å²) in [5.41, 5.74) is 7.87. The summed E-state index contributed by atoms with van der Waals surface area (Å²) < 4.78 is 1.82. The lowest BCUT2D eigenvalue weighted by Gasteiger charge is -2.28. The second kappa shape index (κ2) is 8.55. The molecule has 2 atom stereocenters. The number of hydrogen-bond donors (Lipinski definition) is 1. The van der Waals surface area contributed by atoms with Gasteiger partial charge in [0, 0.05) is 49.5 Å². The number of aryl methyl sites for hydroxylation is 2. The number of aliphatic hydroxyl groups excluding tert-OH is 1. The maximum Gasteiger partial charge on any atom is 0.254 e. The van der Waals surface area contributed by atoms with E-state index in [2.05, 4.69) is 48.4 Å². The van der Waals surface area contributed by atoms with Gasteiger partial charge < -0.3 is 10.0 Å². The van der Waals surface area contributed by atoms with Crippen LogP contribution in [-0.2, 0) is 26.4 Å². The summed E-state index contributed by atoms with van der Waals surface area (Å²) in [6.07, 6.45) is 6.83. The number of nitrogens with zero attached hydrogens (tertiary/aromatic N) is 3. The molecule has 166 valence electrons. The van der Waals surface area contributed by atoms with Crippen molar-refractivity contribution < 1.29 is 9.90 Å². The van der Waals surface area contributed by atoms with Crippen LogP contribution < -0.4 is 0 Å². The molecule has 0 radical (unpaired) electrons. The SMILES string of the molecule is CCc1cc2c(cc1Cc1ccc(-c3ccn(C)n3)cc1)C(=O)N([C@H]1CCC[C@@H]1CO)C2. The first kappa shape index (κ1) is 21.0. The Morgan fingerprint density at radius 3 is 2.59 bits per heavy atom. The van der Waals surface area contributed by atoms with Crippen molar-refractivity contribution in [2.75, 3.05) is 6.61 Å². The summed E-state index contributed by atoms with van der Waals surface area (Å²) in [5.74, 6) is 0.357. The molecule has 5 nitrogen and oxygen atoms in total. The number of carbonyl (C=O) groups is 1. The Morgan fingerprint density at radius 2 is 1.91 bits per heavy atom. The Balaban J connectivity index is 1.39. The third-order valence-corrected chi connectivity index (χ3v) is 7.25. The van der Waals surface area contributed by atoms with Crippen molar-refractivity contribution in [1.29, 1.82) is 0 Å². The minimum Gasteiger partial charge on any atom is -0.396 e. The number of amides is 1. The van der Waals surface area contributed by atoms with Crippen LogP contribution >= 0.6 is 0 Å². The number of aliphatic hydroxyl groups is 1. The lowest BCUT2D eigenvalue weighted by molar-refractivity contribution is 0.0612. The van der Waals surface area contributed by atoms with E-state index in [1.165, 1.54) is 16.7 Å². The van der Waals surface area contributed by atoms with Crippen molar-refractivity contribution in [2.24, 2.45) is 13.0 Å². The zero-order chi connectivity index (χ0) is 22.2. The summed E-state index contributed by atoms with van der Waals surface area (Å²) >= 11 is 0. The monoisotopic (exact) mass is 429 g/mol. The average molecular weight is 430 g/mol. The van der Waals surface area contributed by atoms with Crippen molar-refractivity contribution in [3.8, 4) is 11.3 Å². The number of benzene rings is 2. The van der Waals surface area contributed by atoms with Crippen LogP contribution in [0.4, 0.5) is 0 Å². The summed E-state index contributed by atoms with van der Waals surface area (Å²) in [6.45, 7) is 3.04. The van der Waals surface area contributed by atoms with Gasteiger partial charge in [0.25, 0.3) is 5.91 Å². The maximum atomic E-state index is 13.3. The molecule has 0 unspecified atom stereocenters. The van der Waals surface area contributed by atoms with Crippen molar-refractivity contribution >= 4 is 5.91 Å². The highest BCUT2D eigenvalue weighted by Gasteiger charge is 2.39. The number of rotatable bonds is 6. The fourth-order valence-electron chi connectivity index (χ4n) is 5.46. The number of fused-ring (bicyclic) bond motifs is 1. The molecule has 0 spiro atoms. The van der Waals surface area contributed by atoms with Crippen LogP contribution in [0.25, 0.3) is 11.3 Å². The van der Waals surface area contributed by atoms with Gasteiger partial charge in [0.15, 0.2) is 0 Å². The quantitative estimate of drug-likeness (QED) is 0.634. The van der Waals surface area contributed by atoms with Gasteiger partial charge in [-0.15, -0.1) is 0 Å². The zero-order valence-corrected chi connectivity index (χ0v) is 18.9. The van der Waals surface area contributed by atoms with E-state index in [9.17, 15) is 9.90 Å². The van der Waals surface area contributed by atoms with Gasteiger partial charge in [-0.3, -0.25) is 9.48 Å². The van der Waals surface area contributed by atoms with Gasteiger partial charge in [-0.05, 0) is 60.1 Å². The third kappa shape index (κ3) is 3.75. The Hall–Kier alpha value is -2.92. The highest BCUT2D eigenvalue weighted by Crippen LogP contribution is 2.36. The van der Waals surface area contributed by atoms with Crippen molar-refractivity contribution in [1.82, 2.24) is 14.7 Å². The van der Waals surface area contributed by atoms with Gasteiger partial charge in [0.2, 0.25) is 0 Å². The van der Waals surface area contributed by atoms with Crippen LogP contribution in [0.5, 0.6) is 0 Å². The van der Waals surface area contributed by atoms with Gasteiger partial charge >= 0.3 is 0 Å². The molecule has 1 N–H and O–H groups in total. The van der Waals surface area contributed by atoms with Crippen LogP contribution in [0.1, 0.15) is 58.8 Å². The van der Waals surface area contributed by atoms with E-state index in [0.717, 1.165) is 54.5 Å². The van der Waals surface area contributed by atoms with E-state index in [0.29, 0.717) is 6.54 Å². The van der Waals surface area contributed by atoms with Crippen LogP contribution in [0, 0.1) is 5.92 Å². The summed E-state index contributed by atoms with van der Waals surface area (Å²) in [4.78, 5) is 15.3. The van der Waals surface area contributed by atoms with Crippen molar-refractivity contribution in [2.45, 2.75) is 51.6 Å². The van der Waals surface area contributed by atoms with E-state index in [4.69, 9.17) is 0 Å². The first-order valence-corrected chi connectivity index (χ1v) is 11.7. The topological polar surface area (TPSA) is 58.4 Å². The molecular weight excluding hydrogens is 398 g/mol. The van der Waals surface area contributed by atoms with Crippen molar-refractivity contribution in [3.05, 3.63) is 76.5 Å².